The molecule has 0 aromatic rings. The second-order valence-corrected chi connectivity index (χ2v) is 10.8. The maximum atomic E-state index is 4.99. The van der Waals surface area contributed by atoms with Gasteiger partial charge in [-0.1, -0.05) is 0 Å². The number of hydrogen-bond donors (Lipinski definition) is 0. The van der Waals surface area contributed by atoms with E-state index in [0.717, 1.165) is 0 Å². The number of halogens is 3. The van der Waals surface area contributed by atoms with Gasteiger partial charge in [-0.15, -0.1) is 0 Å². The molecule has 0 aliphatic carbocycles. The monoisotopic (exact) mass is 411 g/mol. The zero-order valence-corrected chi connectivity index (χ0v) is 9.01. The molecule has 0 aliphatic heterocycles. The molecule has 0 amide bonds. The molecule has 0 atom stereocenters. The van der Waals surface area contributed by atoms with E-state index in [1.807, 2.05) is 0 Å². The summed E-state index contributed by atoms with van der Waals surface area (Å²) in [6, 6.07) is 0. The quantitative estimate of drug-likeness (QED) is 0.574. The Morgan fingerprint density at radius 1 is 1.00 bits per heavy atom. The van der Waals surface area contributed by atoms with E-state index < -0.39 is 37.0 Å². The summed E-state index contributed by atoms with van der Waals surface area (Å²) in [5, 5.41) is 0. The molecule has 0 aliphatic rings. The number of hydrogen-bond acceptors (Lipinski definition) is 0. The molecule has 35 valence electrons. The molecule has 0 bridgehead atoms. The maximum Gasteiger partial charge on any atom is 0 e. The van der Waals surface area contributed by atoms with Gasteiger partial charge in [0, 0.05) is 49.4 Å². The Morgan fingerprint density at radius 3 is 1.00 bits per heavy atom. The van der Waals surface area contributed by atoms with Gasteiger partial charge in [-0.3, -0.25) is 0 Å². The van der Waals surface area contributed by atoms with Crippen LogP contribution in [0.3, 0.4) is 0 Å². The Kier molecular flexibility index (Phi) is 19.0. The third-order valence-corrected chi connectivity index (χ3v) is 0. The van der Waals surface area contributed by atoms with Crippen molar-refractivity contribution < 1.29 is 86.4 Å². The molecule has 0 N–H and O–H groups in total. The van der Waals surface area contributed by atoms with Crippen LogP contribution < -0.4 is 0 Å². The van der Waals surface area contributed by atoms with Gasteiger partial charge in [0.2, 0.25) is 0 Å². The topological polar surface area (TPSA) is 0 Å². The largest absolute Gasteiger partial charge is 0 e. The zero-order valence-electron chi connectivity index (χ0n) is 1.89. The van der Waals surface area contributed by atoms with Gasteiger partial charge in [-0.05, 0) is 0 Å². The van der Waals surface area contributed by atoms with Gasteiger partial charge >= 0.3 is 49.4 Å². The van der Waals surface area contributed by atoms with Crippen LogP contribution in [0.25, 0.3) is 0 Å². The van der Waals surface area contributed by atoms with Gasteiger partial charge in [0.05, 0.1) is 0 Å². The minimum atomic E-state index is -2.05. The third-order valence-electron chi connectivity index (χ3n) is 0. The molecule has 0 saturated carbocycles. The predicted octanol–water partition coefficient (Wildman–Crippen LogP) is 2.07. The van der Waals surface area contributed by atoms with E-state index in [1.165, 1.54) is 0 Å². The Labute approximate surface area is 94.8 Å². The van der Waals surface area contributed by atoms with Crippen LogP contribution in [0, 0.1) is 86.4 Å². The molecule has 0 nitrogen and oxygen atoms in total. The van der Waals surface area contributed by atoms with Gasteiger partial charge in [-0.2, -0.15) is 0 Å². The van der Waals surface area contributed by atoms with Crippen molar-refractivity contribution in [3.8, 4) is 0 Å². The second-order valence-electron chi connectivity index (χ2n) is 0.162. The van der Waals surface area contributed by atoms with Crippen LogP contribution in [0.1, 0.15) is 0 Å². The summed E-state index contributed by atoms with van der Waals surface area (Å²) in [4.78, 5) is 0. The third kappa shape index (κ3) is 18.0. The summed E-state index contributed by atoms with van der Waals surface area (Å²) >= 11 is -2.05. The first-order valence-electron chi connectivity index (χ1n) is 0.429. The van der Waals surface area contributed by atoms with E-state index in [2.05, 4.69) is 0 Å². The van der Waals surface area contributed by atoms with Gasteiger partial charge < -0.3 is 0 Å². The normalized spacial score (nSPS) is 9.00. The Bertz CT molecular complexity index is 9.61. The van der Waals surface area contributed by atoms with Crippen LogP contribution in [0.4, 0.5) is 0 Å². The Balaban J connectivity index is 0. The van der Waals surface area contributed by atoms with Gasteiger partial charge in [0.15, 0.2) is 0 Å². The van der Waals surface area contributed by atoms with Crippen molar-refractivity contribution in [3.05, 3.63) is 0 Å². The predicted molar refractivity (Wildman–Crippen MR) is 17.6 cm³/mol. The fourth-order valence-electron chi connectivity index (χ4n) is 0. The molecule has 5 heteroatoms. The molecule has 0 aromatic heterocycles. The molecule has 0 heterocycles. The minimum absolute atomic E-state index is 0. The maximum absolute atomic E-state index is 4.99. The summed E-state index contributed by atoms with van der Waals surface area (Å²) in [5.74, 6) is 0. The molecule has 0 rings (SSSR count). The first-order chi connectivity index (χ1) is 1.73. The van der Waals surface area contributed by atoms with E-state index >= 15 is 0 Å². The summed E-state index contributed by atoms with van der Waals surface area (Å²) in [6.07, 6.45) is 0. The summed E-state index contributed by atoms with van der Waals surface area (Å²) < 4.78 is 15.0. The van der Waals surface area contributed by atoms with Crippen molar-refractivity contribution in [2.45, 2.75) is 0 Å². The molecule has 5 heavy (non-hydrogen) atoms. The van der Waals surface area contributed by atoms with Crippen LogP contribution in [-0.2, 0) is 0 Å². The van der Waals surface area contributed by atoms with Crippen molar-refractivity contribution in [1.82, 2.24) is 0 Å². The van der Waals surface area contributed by atoms with Crippen molar-refractivity contribution in [2.24, 2.45) is 0 Å². The van der Waals surface area contributed by atoms with Gasteiger partial charge in [0.1, 0.15) is 0 Å². The average molecular weight is 410 g/mol. The molecule has 0 fully saturated rings. The van der Waals surface area contributed by atoms with Crippen LogP contribution >= 0.6 is 12.5 Å². The van der Waals surface area contributed by atoms with E-state index in [0.29, 0.717) is 0 Å². The van der Waals surface area contributed by atoms with Gasteiger partial charge in [-0.25, -0.2) is 0 Å². The summed E-state index contributed by atoms with van der Waals surface area (Å²) in [6.45, 7) is 0. The van der Waals surface area contributed by atoms with Crippen LogP contribution in [0.5, 0.6) is 0 Å². The van der Waals surface area contributed by atoms with Crippen molar-refractivity contribution in [1.29, 1.82) is 0 Å². The molecule has 0 saturated heterocycles. The zero-order chi connectivity index (χ0) is 3.58. The van der Waals surface area contributed by atoms with E-state index in [4.69, 9.17) is 12.5 Å². The minimum Gasteiger partial charge on any atom is 0 e. The standard InChI is InChI=1S/3ClH.2Eu/h3*1H;;/q;;;;+3/p-3. The van der Waals surface area contributed by atoms with Crippen LogP contribution in [0.2, 0.25) is 0 Å². The molecule has 1 radical (unpaired) electrons. The first-order valence-corrected chi connectivity index (χ1v) is 9.54. The van der Waals surface area contributed by atoms with Crippen molar-refractivity contribution in [2.75, 3.05) is 0 Å². The van der Waals surface area contributed by atoms with Crippen molar-refractivity contribution in [3.63, 3.8) is 0 Å². The van der Waals surface area contributed by atoms with Crippen molar-refractivity contribution >= 4 is 12.5 Å². The van der Waals surface area contributed by atoms with E-state index in [1.54, 1.807) is 0 Å². The summed E-state index contributed by atoms with van der Waals surface area (Å²) in [5.41, 5.74) is 0. The fraction of sp³-hybridized carbons (Fsp3) is 0. The summed E-state index contributed by atoms with van der Waals surface area (Å²) in [7, 11) is 0. The Hall–Kier alpha value is 4.04. The molecule has 0 aromatic carbocycles. The molecule has 0 spiro atoms. The second kappa shape index (κ2) is 8.04. The molecule has 0 unspecified atom stereocenters. The molecular formula is Cl3Eu2. The number of rotatable bonds is 0. The van der Waals surface area contributed by atoms with Crippen LogP contribution in [0.15, 0.2) is 0 Å². The SMILES string of the molecule is [Cl][Eu]([Cl])[Cl].[Eu]. The average Bonchev–Trinajstić information content (AvgIpc) is 0.811. The fourth-order valence-corrected chi connectivity index (χ4v) is 0. The van der Waals surface area contributed by atoms with Gasteiger partial charge in [0.25, 0.3) is 0 Å². The smallest absolute Gasteiger partial charge is 0 e. The van der Waals surface area contributed by atoms with Crippen LogP contribution in [-0.4, -0.2) is 0 Å². The first kappa shape index (κ1) is 11.8. The van der Waals surface area contributed by atoms with E-state index in [9.17, 15) is 0 Å². The molecular weight excluding hydrogens is 410 g/mol. The Morgan fingerprint density at radius 2 is 1.00 bits per heavy atom. The van der Waals surface area contributed by atoms with E-state index in [-0.39, 0.29) is 49.4 Å².